The number of nitrogens with zero attached hydrogens (tertiary/aromatic N) is 1. The quantitative estimate of drug-likeness (QED) is 0.888. The number of rotatable bonds is 5. The van der Waals surface area contributed by atoms with Gasteiger partial charge in [-0.1, -0.05) is 18.2 Å². The molecule has 0 saturated heterocycles. The predicted octanol–water partition coefficient (Wildman–Crippen LogP) is 2.16. The number of nitrogens with two attached hydrogens (primary N) is 1. The molecule has 3 N–H and O–H groups in total. The number of nitrogens with one attached hydrogen (secondary N) is 1. The highest BCUT2D eigenvalue weighted by Gasteiger charge is 2.06. The smallest absolute Gasteiger partial charge is 0.248 e. The minimum Gasteiger partial charge on any atom is -0.366 e. The molecule has 0 aliphatic heterocycles. The van der Waals surface area contributed by atoms with Crippen molar-refractivity contribution in [2.75, 3.05) is 19.4 Å². The Morgan fingerprint density at radius 1 is 1.05 bits per heavy atom. The van der Waals surface area contributed by atoms with Crippen LogP contribution in [0.1, 0.15) is 15.9 Å². The molecule has 22 heavy (non-hydrogen) atoms. The van der Waals surface area contributed by atoms with Crippen molar-refractivity contribution < 1.29 is 9.59 Å². The van der Waals surface area contributed by atoms with Crippen LogP contribution >= 0.6 is 0 Å². The Hall–Kier alpha value is -2.82. The minimum atomic E-state index is -0.457. The zero-order valence-corrected chi connectivity index (χ0v) is 12.7. The summed E-state index contributed by atoms with van der Waals surface area (Å²) < 4.78 is 0. The van der Waals surface area contributed by atoms with E-state index in [9.17, 15) is 9.59 Å². The fourth-order valence-corrected chi connectivity index (χ4v) is 1.96. The summed E-state index contributed by atoms with van der Waals surface area (Å²) in [5.74, 6) is -0.393. The molecule has 0 radical (unpaired) electrons. The van der Waals surface area contributed by atoms with Crippen molar-refractivity contribution in [3.63, 3.8) is 0 Å². The number of primary amides is 1. The molecule has 2 aromatic carbocycles. The van der Waals surface area contributed by atoms with E-state index < -0.39 is 5.91 Å². The molecule has 0 saturated carbocycles. The highest BCUT2D eigenvalue weighted by Crippen LogP contribution is 2.18. The summed E-state index contributed by atoms with van der Waals surface area (Å²) in [5, 5.41) is 3.20. The Labute approximate surface area is 129 Å². The molecule has 114 valence electrons. The summed E-state index contributed by atoms with van der Waals surface area (Å²) in [4.78, 5) is 24.4. The summed E-state index contributed by atoms with van der Waals surface area (Å²) in [6.45, 7) is 0. The molecule has 0 aliphatic rings. The molecule has 5 nitrogen and oxygen atoms in total. The first-order valence-electron chi connectivity index (χ1n) is 6.91. The first kappa shape index (κ1) is 15.6. The van der Waals surface area contributed by atoms with E-state index in [1.54, 1.807) is 37.2 Å². The van der Waals surface area contributed by atoms with Crippen LogP contribution in [0.5, 0.6) is 0 Å². The van der Waals surface area contributed by atoms with Crippen LogP contribution < -0.4 is 11.1 Å². The Bertz CT molecular complexity index is 679. The zero-order chi connectivity index (χ0) is 16.1. The van der Waals surface area contributed by atoms with Gasteiger partial charge in [0.05, 0.1) is 6.42 Å². The summed E-state index contributed by atoms with van der Waals surface area (Å²) in [7, 11) is 3.48. The van der Waals surface area contributed by atoms with Crippen molar-refractivity contribution in [1.82, 2.24) is 4.90 Å². The highest BCUT2D eigenvalue weighted by molar-refractivity contribution is 5.93. The van der Waals surface area contributed by atoms with Crippen LogP contribution in [0, 0.1) is 0 Å². The van der Waals surface area contributed by atoms with Gasteiger partial charge in [0.1, 0.15) is 0 Å². The SMILES string of the molecule is CN(C)C(=O)Cc1ccc(Nc2cccc(C(N)=O)c2)cc1. The van der Waals surface area contributed by atoms with E-state index in [2.05, 4.69) is 5.32 Å². The first-order chi connectivity index (χ1) is 10.5. The van der Waals surface area contributed by atoms with Crippen LogP contribution in [0.4, 0.5) is 11.4 Å². The van der Waals surface area contributed by atoms with Crippen LogP contribution in [0.25, 0.3) is 0 Å². The largest absolute Gasteiger partial charge is 0.366 e. The van der Waals surface area contributed by atoms with Crippen molar-refractivity contribution in [2.24, 2.45) is 5.73 Å². The number of anilines is 2. The Kier molecular flexibility index (Phi) is 4.78. The lowest BCUT2D eigenvalue weighted by Crippen LogP contribution is -2.23. The topological polar surface area (TPSA) is 75.4 Å². The second-order valence-corrected chi connectivity index (χ2v) is 5.23. The van der Waals surface area contributed by atoms with Gasteiger partial charge in [-0.05, 0) is 35.9 Å². The maximum atomic E-state index is 11.7. The third-order valence-corrected chi connectivity index (χ3v) is 3.24. The van der Waals surface area contributed by atoms with E-state index in [1.165, 1.54) is 0 Å². The summed E-state index contributed by atoms with van der Waals surface area (Å²) in [6.07, 6.45) is 0.379. The third-order valence-electron chi connectivity index (χ3n) is 3.24. The molecule has 2 aromatic rings. The molecular formula is C17H19N3O2. The van der Waals surface area contributed by atoms with Crippen molar-refractivity contribution in [3.05, 3.63) is 59.7 Å². The van der Waals surface area contributed by atoms with E-state index in [4.69, 9.17) is 5.73 Å². The van der Waals surface area contributed by atoms with Gasteiger partial charge in [-0.3, -0.25) is 9.59 Å². The van der Waals surface area contributed by atoms with E-state index >= 15 is 0 Å². The van der Waals surface area contributed by atoms with Gasteiger partial charge in [0.25, 0.3) is 0 Å². The van der Waals surface area contributed by atoms with Crippen LogP contribution in [0.15, 0.2) is 48.5 Å². The van der Waals surface area contributed by atoms with Gasteiger partial charge < -0.3 is 16.0 Å². The molecule has 0 aromatic heterocycles. The number of benzene rings is 2. The van der Waals surface area contributed by atoms with Crippen molar-refractivity contribution in [1.29, 1.82) is 0 Å². The van der Waals surface area contributed by atoms with Gasteiger partial charge in [-0.25, -0.2) is 0 Å². The van der Waals surface area contributed by atoms with Crippen LogP contribution in [-0.4, -0.2) is 30.8 Å². The average Bonchev–Trinajstić information content (AvgIpc) is 2.49. The van der Waals surface area contributed by atoms with Crippen molar-refractivity contribution >= 4 is 23.2 Å². The zero-order valence-electron chi connectivity index (χ0n) is 12.7. The number of likely N-dealkylation sites (N-methyl/N-ethyl adjacent to an activating group) is 1. The average molecular weight is 297 g/mol. The maximum Gasteiger partial charge on any atom is 0.248 e. The van der Waals surface area contributed by atoms with Crippen LogP contribution in [0.3, 0.4) is 0 Å². The lowest BCUT2D eigenvalue weighted by atomic mass is 10.1. The van der Waals surface area contributed by atoms with E-state index in [1.807, 2.05) is 30.3 Å². The van der Waals surface area contributed by atoms with Crippen molar-refractivity contribution in [3.8, 4) is 0 Å². The molecule has 2 amide bonds. The van der Waals surface area contributed by atoms with Gasteiger partial charge in [-0.15, -0.1) is 0 Å². The number of carbonyl (C=O) groups is 2. The monoisotopic (exact) mass is 297 g/mol. The molecule has 0 atom stereocenters. The van der Waals surface area contributed by atoms with Gasteiger partial charge in [0, 0.05) is 31.0 Å². The predicted molar refractivity (Wildman–Crippen MR) is 87.1 cm³/mol. The summed E-state index contributed by atoms with van der Waals surface area (Å²) in [6, 6.07) is 14.6. The van der Waals surface area contributed by atoms with Crippen molar-refractivity contribution in [2.45, 2.75) is 6.42 Å². The minimum absolute atomic E-state index is 0.0647. The molecule has 2 rings (SSSR count). The van der Waals surface area contributed by atoms with Gasteiger partial charge in [0.15, 0.2) is 0 Å². The highest BCUT2D eigenvalue weighted by atomic mass is 16.2. The summed E-state index contributed by atoms with van der Waals surface area (Å²) >= 11 is 0. The van der Waals surface area contributed by atoms with Gasteiger partial charge in [-0.2, -0.15) is 0 Å². The number of carbonyl (C=O) groups excluding carboxylic acids is 2. The lowest BCUT2D eigenvalue weighted by molar-refractivity contribution is -0.127. The Morgan fingerprint density at radius 2 is 1.73 bits per heavy atom. The Morgan fingerprint density at radius 3 is 2.32 bits per heavy atom. The number of hydrogen-bond acceptors (Lipinski definition) is 3. The molecule has 0 bridgehead atoms. The second-order valence-electron chi connectivity index (χ2n) is 5.23. The Balaban J connectivity index is 2.06. The molecule has 0 aliphatic carbocycles. The molecule has 0 spiro atoms. The third kappa shape index (κ3) is 4.09. The molecular weight excluding hydrogens is 278 g/mol. The normalized spacial score (nSPS) is 10.1. The van der Waals surface area contributed by atoms with Crippen LogP contribution in [0.2, 0.25) is 0 Å². The van der Waals surface area contributed by atoms with E-state index in [-0.39, 0.29) is 5.91 Å². The summed E-state index contributed by atoms with van der Waals surface area (Å²) in [5.41, 5.74) is 8.34. The van der Waals surface area contributed by atoms with Crippen LogP contribution in [-0.2, 0) is 11.2 Å². The van der Waals surface area contributed by atoms with E-state index in [0.717, 1.165) is 16.9 Å². The number of amides is 2. The fraction of sp³-hybridized carbons (Fsp3) is 0.176. The molecule has 0 unspecified atom stereocenters. The maximum absolute atomic E-state index is 11.7. The number of hydrogen-bond donors (Lipinski definition) is 2. The second kappa shape index (κ2) is 6.76. The molecule has 0 fully saturated rings. The first-order valence-corrected chi connectivity index (χ1v) is 6.91. The fourth-order valence-electron chi connectivity index (χ4n) is 1.96. The molecule has 0 heterocycles. The van der Waals surface area contributed by atoms with Gasteiger partial charge >= 0.3 is 0 Å². The standard InChI is InChI=1S/C17H19N3O2/c1-20(2)16(21)10-12-6-8-14(9-7-12)19-15-5-3-4-13(11-15)17(18)22/h3-9,11,19H,10H2,1-2H3,(H2,18,22). The van der Waals surface area contributed by atoms with E-state index in [0.29, 0.717) is 12.0 Å². The molecule has 5 heteroatoms. The van der Waals surface area contributed by atoms with Gasteiger partial charge in [0.2, 0.25) is 11.8 Å². The lowest BCUT2D eigenvalue weighted by Gasteiger charge is -2.11.